The molecule has 0 aliphatic rings. The second kappa shape index (κ2) is 5.14. The molecule has 0 radical (unpaired) electrons. The number of rotatable bonds is 4. The van der Waals surface area contributed by atoms with Gasteiger partial charge in [0.25, 0.3) is 0 Å². The highest BCUT2D eigenvalue weighted by Crippen LogP contribution is 2.14. The molecule has 0 aromatic heterocycles. The van der Waals surface area contributed by atoms with Gasteiger partial charge in [0.05, 0.1) is 6.61 Å². The van der Waals surface area contributed by atoms with Crippen LogP contribution >= 0.6 is 0 Å². The van der Waals surface area contributed by atoms with Crippen molar-refractivity contribution in [2.75, 3.05) is 13.7 Å². The Morgan fingerprint density at radius 3 is 2.40 bits per heavy atom. The lowest BCUT2D eigenvalue weighted by molar-refractivity contribution is 0.179. The molecule has 0 bridgehead atoms. The minimum Gasteiger partial charge on any atom is -0.383 e. The molecule has 1 aromatic carbocycles. The van der Waals surface area contributed by atoms with Crippen LogP contribution in [-0.2, 0) is 11.2 Å². The first kappa shape index (κ1) is 12.0. The van der Waals surface area contributed by atoms with Gasteiger partial charge < -0.3 is 10.5 Å². The van der Waals surface area contributed by atoms with E-state index in [0.717, 1.165) is 6.07 Å². The van der Waals surface area contributed by atoms with Crippen LogP contribution in [0.25, 0.3) is 0 Å². The zero-order valence-corrected chi connectivity index (χ0v) is 8.27. The van der Waals surface area contributed by atoms with Gasteiger partial charge >= 0.3 is 0 Å². The second-order valence-corrected chi connectivity index (χ2v) is 3.28. The molecule has 0 aliphatic heterocycles. The van der Waals surface area contributed by atoms with Crippen molar-refractivity contribution >= 4 is 0 Å². The van der Waals surface area contributed by atoms with E-state index in [9.17, 15) is 13.2 Å². The molecule has 84 valence electrons. The van der Waals surface area contributed by atoms with E-state index in [1.807, 2.05) is 0 Å². The van der Waals surface area contributed by atoms with E-state index in [1.54, 1.807) is 0 Å². The third-order valence-electron chi connectivity index (χ3n) is 1.95. The lowest BCUT2D eigenvalue weighted by atomic mass is 10.1. The predicted molar refractivity (Wildman–Crippen MR) is 49.9 cm³/mol. The molecule has 0 aliphatic carbocycles. The van der Waals surface area contributed by atoms with Gasteiger partial charge in [-0.15, -0.1) is 0 Å². The third kappa shape index (κ3) is 3.21. The van der Waals surface area contributed by atoms with Gasteiger partial charge in [-0.25, -0.2) is 13.2 Å². The summed E-state index contributed by atoms with van der Waals surface area (Å²) in [5.41, 5.74) is 5.62. The molecule has 0 saturated heterocycles. The van der Waals surface area contributed by atoms with Gasteiger partial charge in [0, 0.05) is 19.2 Å². The maximum absolute atomic E-state index is 13.1. The molecular weight excluding hydrogens is 207 g/mol. The Bertz CT molecular complexity index is 344. The summed E-state index contributed by atoms with van der Waals surface area (Å²) < 4.78 is 43.2. The average Bonchev–Trinajstić information content (AvgIpc) is 2.14. The largest absolute Gasteiger partial charge is 0.383 e. The number of nitrogens with two attached hydrogens (primary N) is 1. The summed E-state index contributed by atoms with van der Waals surface area (Å²) in [6, 6.07) is 0.902. The fourth-order valence-corrected chi connectivity index (χ4v) is 1.28. The molecule has 0 heterocycles. The monoisotopic (exact) mass is 219 g/mol. The van der Waals surface area contributed by atoms with Crippen LogP contribution < -0.4 is 5.73 Å². The third-order valence-corrected chi connectivity index (χ3v) is 1.95. The van der Waals surface area contributed by atoms with Gasteiger partial charge in [0.15, 0.2) is 11.6 Å². The molecule has 1 rings (SSSR count). The minimum absolute atomic E-state index is 0.0541. The first-order chi connectivity index (χ1) is 7.04. The number of hydrogen-bond acceptors (Lipinski definition) is 2. The molecule has 2 N–H and O–H groups in total. The van der Waals surface area contributed by atoms with Crippen molar-refractivity contribution in [2.24, 2.45) is 5.73 Å². The van der Waals surface area contributed by atoms with Gasteiger partial charge in [-0.1, -0.05) is 0 Å². The second-order valence-electron chi connectivity index (χ2n) is 3.28. The molecule has 0 spiro atoms. The lowest BCUT2D eigenvalue weighted by Gasteiger charge is -2.11. The van der Waals surface area contributed by atoms with Crippen molar-refractivity contribution in [1.29, 1.82) is 0 Å². The normalized spacial score (nSPS) is 12.9. The van der Waals surface area contributed by atoms with Crippen molar-refractivity contribution in [1.82, 2.24) is 0 Å². The minimum atomic E-state index is -1.20. The first-order valence-corrected chi connectivity index (χ1v) is 4.42. The van der Waals surface area contributed by atoms with Gasteiger partial charge in [0.2, 0.25) is 0 Å². The summed E-state index contributed by atoms with van der Waals surface area (Å²) in [5.74, 6) is -3.06. The zero-order valence-electron chi connectivity index (χ0n) is 8.27. The van der Waals surface area contributed by atoms with E-state index in [2.05, 4.69) is 0 Å². The van der Waals surface area contributed by atoms with E-state index in [-0.39, 0.29) is 18.6 Å². The molecule has 0 amide bonds. The highest BCUT2D eigenvalue weighted by molar-refractivity contribution is 5.21. The van der Waals surface area contributed by atoms with Crippen molar-refractivity contribution in [3.8, 4) is 0 Å². The molecule has 1 aromatic rings. The maximum atomic E-state index is 13.1. The number of hydrogen-bond donors (Lipinski definition) is 1. The van der Waals surface area contributed by atoms with Crippen LogP contribution in [0.15, 0.2) is 12.1 Å². The number of benzene rings is 1. The smallest absolute Gasteiger partial charge is 0.161 e. The molecule has 15 heavy (non-hydrogen) atoms. The fourth-order valence-electron chi connectivity index (χ4n) is 1.28. The fraction of sp³-hybridized carbons (Fsp3) is 0.400. The quantitative estimate of drug-likeness (QED) is 0.781. The van der Waals surface area contributed by atoms with Gasteiger partial charge in [-0.05, 0) is 18.1 Å². The molecule has 0 fully saturated rings. The van der Waals surface area contributed by atoms with Gasteiger partial charge in [0.1, 0.15) is 5.82 Å². The van der Waals surface area contributed by atoms with Crippen molar-refractivity contribution < 1.29 is 17.9 Å². The Hall–Kier alpha value is -1.07. The predicted octanol–water partition coefficient (Wildman–Crippen LogP) is 1.62. The van der Waals surface area contributed by atoms with Crippen molar-refractivity contribution in [2.45, 2.75) is 12.5 Å². The summed E-state index contributed by atoms with van der Waals surface area (Å²) in [6.45, 7) is 0.235. The van der Waals surface area contributed by atoms with Crippen LogP contribution in [0.1, 0.15) is 5.56 Å². The summed E-state index contributed by atoms with van der Waals surface area (Å²) >= 11 is 0. The molecule has 2 nitrogen and oxygen atoms in total. The summed E-state index contributed by atoms with van der Waals surface area (Å²) in [6.07, 6.45) is 0.108. The zero-order chi connectivity index (χ0) is 11.4. The Morgan fingerprint density at radius 1 is 1.20 bits per heavy atom. The Kier molecular flexibility index (Phi) is 4.11. The lowest BCUT2D eigenvalue weighted by Crippen LogP contribution is -2.28. The van der Waals surface area contributed by atoms with Crippen LogP contribution in [0.3, 0.4) is 0 Å². The van der Waals surface area contributed by atoms with Crippen LogP contribution in [0.5, 0.6) is 0 Å². The molecule has 1 atom stereocenters. The van der Waals surface area contributed by atoms with Gasteiger partial charge in [-0.2, -0.15) is 0 Å². The number of halogens is 3. The number of methoxy groups -OCH3 is 1. The molecule has 0 unspecified atom stereocenters. The van der Waals surface area contributed by atoms with Crippen molar-refractivity contribution in [3.63, 3.8) is 0 Å². The average molecular weight is 219 g/mol. The molecule has 0 saturated carbocycles. The topological polar surface area (TPSA) is 35.2 Å². The Morgan fingerprint density at radius 2 is 1.80 bits per heavy atom. The van der Waals surface area contributed by atoms with Crippen LogP contribution in [0.4, 0.5) is 13.2 Å². The van der Waals surface area contributed by atoms with Crippen LogP contribution in [-0.4, -0.2) is 19.8 Å². The van der Waals surface area contributed by atoms with Crippen molar-refractivity contribution in [3.05, 3.63) is 35.1 Å². The molecule has 5 heteroatoms. The Balaban J connectivity index is 2.81. The standard InChI is InChI=1S/C10H12F3NO/c1-15-5-7(14)2-6-3-9(12)10(13)4-8(6)11/h3-4,7H,2,5,14H2,1H3/t7-/m1/s1. The summed E-state index contributed by atoms with van der Waals surface area (Å²) in [5, 5.41) is 0. The maximum Gasteiger partial charge on any atom is 0.161 e. The first-order valence-electron chi connectivity index (χ1n) is 4.42. The van der Waals surface area contributed by atoms with E-state index in [0.29, 0.717) is 6.07 Å². The van der Waals surface area contributed by atoms with E-state index in [4.69, 9.17) is 10.5 Å². The van der Waals surface area contributed by atoms with Crippen LogP contribution in [0.2, 0.25) is 0 Å². The molecular formula is C10H12F3NO. The van der Waals surface area contributed by atoms with Crippen LogP contribution in [0, 0.1) is 17.5 Å². The SMILES string of the molecule is COC[C@H](N)Cc1cc(F)c(F)cc1F. The van der Waals surface area contributed by atoms with E-state index < -0.39 is 23.5 Å². The summed E-state index contributed by atoms with van der Waals surface area (Å²) in [7, 11) is 1.46. The highest BCUT2D eigenvalue weighted by Gasteiger charge is 2.12. The van der Waals surface area contributed by atoms with Gasteiger partial charge in [-0.3, -0.25) is 0 Å². The highest BCUT2D eigenvalue weighted by atomic mass is 19.2. The Labute approximate surface area is 85.8 Å². The van der Waals surface area contributed by atoms with E-state index >= 15 is 0 Å². The van der Waals surface area contributed by atoms with E-state index in [1.165, 1.54) is 7.11 Å². The number of ether oxygens (including phenoxy) is 1. The summed E-state index contributed by atoms with van der Waals surface area (Å²) in [4.78, 5) is 0.